The van der Waals surface area contributed by atoms with Crippen LogP contribution in [0.25, 0.3) is 11.3 Å². The van der Waals surface area contributed by atoms with Gasteiger partial charge in [-0.25, -0.2) is 4.79 Å². The number of carboxylic acid groups (broad SMARTS) is 1. The molecule has 0 radical (unpaired) electrons. The first-order valence-electron chi connectivity index (χ1n) is 7.22. The van der Waals surface area contributed by atoms with Gasteiger partial charge in [0.15, 0.2) is 0 Å². The summed E-state index contributed by atoms with van der Waals surface area (Å²) in [4.78, 5) is 10.8. The monoisotopic (exact) mass is 343 g/mol. The number of carbonyl (C=O) groups is 1. The summed E-state index contributed by atoms with van der Waals surface area (Å²) in [6.07, 6.45) is 0. The molecule has 0 spiro atoms. The zero-order valence-corrected chi connectivity index (χ0v) is 13.6. The van der Waals surface area contributed by atoms with Gasteiger partial charge in [-0.15, -0.1) is 0 Å². The summed E-state index contributed by atoms with van der Waals surface area (Å²) >= 11 is 6.07. The molecule has 5 nitrogen and oxygen atoms in total. The van der Waals surface area contributed by atoms with Gasteiger partial charge in [0.05, 0.1) is 0 Å². The number of benzene rings is 2. The molecule has 0 atom stereocenters. The Hall–Kier alpha value is -2.79. The summed E-state index contributed by atoms with van der Waals surface area (Å²) in [5.74, 6) is -0.585. The molecule has 0 saturated heterocycles. The summed E-state index contributed by atoms with van der Waals surface area (Å²) in [5.41, 5.74) is 3.12. The standard InChI is InChI=1S/C18H14ClNO4/c1-11-14(19)3-2-4-16(11)23-10-12-5-7-13(8-6-12)15-9-17(18(21)22)24-20-15/h2-9H,10H2,1H3,(H,21,22). The van der Waals surface area contributed by atoms with Crippen LogP contribution in [0.2, 0.25) is 5.02 Å². The fourth-order valence-corrected chi connectivity index (χ4v) is 2.35. The summed E-state index contributed by atoms with van der Waals surface area (Å²) in [6.45, 7) is 2.31. The number of hydrogen-bond acceptors (Lipinski definition) is 4. The van der Waals surface area contributed by atoms with E-state index in [-0.39, 0.29) is 5.76 Å². The highest BCUT2D eigenvalue weighted by molar-refractivity contribution is 6.31. The second-order valence-corrected chi connectivity index (χ2v) is 5.64. The molecular weight excluding hydrogens is 330 g/mol. The van der Waals surface area contributed by atoms with Gasteiger partial charge in [-0.2, -0.15) is 0 Å². The van der Waals surface area contributed by atoms with E-state index in [4.69, 9.17) is 26.0 Å². The third kappa shape index (κ3) is 3.41. The minimum Gasteiger partial charge on any atom is -0.489 e. The maximum Gasteiger partial charge on any atom is 0.374 e. The van der Waals surface area contributed by atoms with Crippen molar-refractivity contribution in [1.82, 2.24) is 5.16 Å². The van der Waals surface area contributed by atoms with Crippen LogP contribution in [0.3, 0.4) is 0 Å². The van der Waals surface area contributed by atoms with Gasteiger partial charge in [0.25, 0.3) is 0 Å². The van der Waals surface area contributed by atoms with E-state index < -0.39 is 5.97 Å². The Morgan fingerprint density at radius 3 is 2.67 bits per heavy atom. The molecule has 1 N–H and O–H groups in total. The highest BCUT2D eigenvalue weighted by Gasteiger charge is 2.12. The van der Waals surface area contributed by atoms with Crippen LogP contribution in [0.5, 0.6) is 5.75 Å². The molecule has 3 rings (SSSR count). The van der Waals surface area contributed by atoms with E-state index in [1.54, 1.807) is 0 Å². The van der Waals surface area contributed by atoms with E-state index in [0.29, 0.717) is 17.3 Å². The summed E-state index contributed by atoms with van der Waals surface area (Å²) in [5, 5.41) is 13.3. The average Bonchev–Trinajstić information content (AvgIpc) is 3.07. The highest BCUT2D eigenvalue weighted by Crippen LogP contribution is 2.26. The Kier molecular flexibility index (Phi) is 4.53. The third-order valence-electron chi connectivity index (χ3n) is 3.58. The molecule has 0 bridgehead atoms. The number of rotatable bonds is 5. The van der Waals surface area contributed by atoms with Crippen LogP contribution in [-0.2, 0) is 6.61 Å². The third-order valence-corrected chi connectivity index (χ3v) is 3.99. The number of nitrogens with zero attached hydrogens (tertiary/aromatic N) is 1. The minimum absolute atomic E-state index is 0.186. The molecule has 0 amide bonds. The van der Waals surface area contributed by atoms with Crippen LogP contribution >= 0.6 is 11.6 Å². The largest absolute Gasteiger partial charge is 0.489 e. The van der Waals surface area contributed by atoms with Gasteiger partial charge >= 0.3 is 5.97 Å². The normalized spacial score (nSPS) is 10.6. The number of carboxylic acids is 1. The first-order valence-corrected chi connectivity index (χ1v) is 7.59. The predicted octanol–water partition coefficient (Wildman–Crippen LogP) is 4.58. The topological polar surface area (TPSA) is 72.6 Å². The summed E-state index contributed by atoms with van der Waals surface area (Å²) in [7, 11) is 0. The van der Waals surface area contributed by atoms with Crippen LogP contribution in [-0.4, -0.2) is 16.2 Å². The Bertz CT molecular complexity index is 871. The quantitative estimate of drug-likeness (QED) is 0.734. The van der Waals surface area contributed by atoms with Crippen molar-refractivity contribution in [1.29, 1.82) is 0 Å². The van der Waals surface area contributed by atoms with E-state index in [0.717, 1.165) is 22.4 Å². The molecule has 0 unspecified atom stereocenters. The Morgan fingerprint density at radius 1 is 1.25 bits per heavy atom. The molecule has 0 saturated carbocycles. The summed E-state index contributed by atoms with van der Waals surface area (Å²) < 4.78 is 10.5. The number of hydrogen-bond donors (Lipinski definition) is 1. The van der Waals surface area contributed by atoms with E-state index in [1.807, 2.05) is 49.4 Å². The fourth-order valence-electron chi connectivity index (χ4n) is 2.19. The number of aromatic nitrogens is 1. The van der Waals surface area contributed by atoms with Crippen molar-refractivity contribution in [3.05, 3.63) is 70.4 Å². The van der Waals surface area contributed by atoms with Crippen LogP contribution in [0.15, 0.2) is 53.1 Å². The van der Waals surface area contributed by atoms with Crippen LogP contribution in [0.1, 0.15) is 21.7 Å². The van der Waals surface area contributed by atoms with Crippen molar-refractivity contribution in [3.63, 3.8) is 0 Å². The van der Waals surface area contributed by atoms with E-state index in [9.17, 15) is 4.79 Å². The molecule has 3 aromatic rings. The van der Waals surface area contributed by atoms with Crippen LogP contribution in [0, 0.1) is 6.92 Å². The molecule has 0 aliphatic rings. The smallest absolute Gasteiger partial charge is 0.374 e. The number of ether oxygens (including phenoxy) is 1. The number of halogens is 1. The van der Waals surface area contributed by atoms with Crippen LogP contribution < -0.4 is 4.74 Å². The van der Waals surface area contributed by atoms with E-state index in [1.165, 1.54) is 6.07 Å². The molecule has 1 aromatic heterocycles. The second-order valence-electron chi connectivity index (χ2n) is 5.23. The molecule has 0 aliphatic heterocycles. The van der Waals surface area contributed by atoms with Crippen molar-refractivity contribution in [2.75, 3.05) is 0 Å². The first-order chi connectivity index (χ1) is 11.5. The van der Waals surface area contributed by atoms with Gasteiger partial charge in [0.1, 0.15) is 18.1 Å². The second kappa shape index (κ2) is 6.76. The van der Waals surface area contributed by atoms with Crippen molar-refractivity contribution in [2.24, 2.45) is 0 Å². The van der Waals surface area contributed by atoms with E-state index in [2.05, 4.69) is 5.16 Å². The molecule has 0 fully saturated rings. The molecular formula is C18H14ClNO4. The summed E-state index contributed by atoms with van der Waals surface area (Å²) in [6, 6.07) is 14.4. The SMILES string of the molecule is Cc1c(Cl)cccc1OCc1ccc(-c2cc(C(=O)O)on2)cc1. The lowest BCUT2D eigenvalue weighted by molar-refractivity contribution is 0.0652. The Labute approximate surface area is 143 Å². The highest BCUT2D eigenvalue weighted by atomic mass is 35.5. The van der Waals surface area contributed by atoms with Gasteiger partial charge in [0.2, 0.25) is 5.76 Å². The maximum atomic E-state index is 10.8. The van der Waals surface area contributed by atoms with Crippen molar-refractivity contribution in [2.45, 2.75) is 13.5 Å². The average molecular weight is 344 g/mol. The molecule has 1 heterocycles. The molecule has 24 heavy (non-hydrogen) atoms. The van der Waals surface area contributed by atoms with Crippen molar-refractivity contribution in [3.8, 4) is 17.0 Å². The minimum atomic E-state index is -1.14. The lowest BCUT2D eigenvalue weighted by Crippen LogP contribution is -1.97. The Balaban J connectivity index is 1.70. The van der Waals surface area contributed by atoms with Gasteiger partial charge in [0, 0.05) is 22.2 Å². The van der Waals surface area contributed by atoms with Crippen molar-refractivity contribution >= 4 is 17.6 Å². The predicted molar refractivity (Wildman–Crippen MR) is 89.4 cm³/mol. The van der Waals surface area contributed by atoms with Crippen molar-refractivity contribution < 1.29 is 19.2 Å². The van der Waals surface area contributed by atoms with Crippen LogP contribution in [0.4, 0.5) is 0 Å². The molecule has 122 valence electrons. The van der Waals surface area contributed by atoms with Gasteiger partial charge in [-0.3, -0.25) is 0 Å². The lowest BCUT2D eigenvalue weighted by Gasteiger charge is -2.10. The fraction of sp³-hybridized carbons (Fsp3) is 0.111. The van der Waals surface area contributed by atoms with Gasteiger partial charge < -0.3 is 14.4 Å². The lowest BCUT2D eigenvalue weighted by atomic mass is 10.1. The maximum absolute atomic E-state index is 10.8. The zero-order chi connectivity index (χ0) is 17.1. The molecule has 6 heteroatoms. The van der Waals surface area contributed by atoms with E-state index >= 15 is 0 Å². The molecule has 2 aromatic carbocycles. The van der Waals surface area contributed by atoms with Gasteiger partial charge in [-0.1, -0.05) is 47.1 Å². The van der Waals surface area contributed by atoms with Gasteiger partial charge in [-0.05, 0) is 24.6 Å². The Morgan fingerprint density at radius 2 is 2.00 bits per heavy atom. The zero-order valence-electron chi connectivity index (χ0n) is 12.8. The molecule has 0 aliphatic carbocycles. The number of aromatic carboxylic acids is 1. The first kappa shape index (κ1) is 16.1.